The van der Waals surface area contributed by atoms with Crippen LogP contribution in [0, 0.1) is 6.92 Å². The van der Waals surface area contributed by atoms with E-state index in [2.05, 4.69) is 6.07 Å². The fourth-order valence-electron chi connectivity index (χ4n) is 2.49. The summed E-state index contributed by atoms with van der Waals surface area (Å²) in [5, 5.41) is 0. The summed E-state index contributed by atoms with van der Waals surface area (Å²) < 4.78 is 11.2. The van der Waals surface area contributed by atoms with Crippen molar-refractivity contribution in [2.45, 2.75) is 19.4 Å². The largest absolute Gasteiger partial charge is 0.497 e. The molecule has 3 heteroatoms. The Kier molecular flexibility index (Phi) is 3.18. The SMILES string of the molecule is COc1ccc2c(c1)OC(c1cccc(C)c1)CC2=O. The van der Waals surface area contributed by atoms with E-state index in [4.69, 9.17) is 9.47 Å². The summed E-state index contributed by atoms with van der Waals surface area (Å²) in [6.07, 6.45) is 0.157. The third kappa shape index (κ3) is 2.27. The van der Waals surface area contributed by atoms with Crippen LogP contribution in [0.25, 0.3) is 0 Å². The van der Waals surface area contributed by atoms with Gasteiger partial charge in [-0.3, -0.25) is 4.79 Å². The Morgan fingerprint density at radius 1 is 1.20 bits per heavy atom. The number of aryl methyl sites for hydroxylation is 1. The number of methoxy groups -OCH3 is 1. The number of carbonyl (C=O) groups is 1. The van der Waals surface area contributed by atoms with Crippen LogP contribution in [0.2, 0.25) is 0 Å². The zero-order chi connectivity index (χ0) is 14.1. The van der Waals surface area contributed by atoms with Crippen LogP contribution in [-0.2, 0) is 0 Å². The van der Waals surface area contributed by atoms with Gasteiger partial charge in [-0.25, -0.2) is 0 Å². The Bertz CT molecular complexity index is 661. The highest BCUT2D eigenvalue weighted by Crippen LogP contribution is 2.37. The number of hydrogen-bond acceptors (Lipinski definition) is 3. The topological polar surface area (TPSA) is 35.5 Å². The number of Topliss-reactive ketones (excluding diaryl/α,β-unsaturated/α-hetero) is 1. The van der Waals surface area contributed by atoms with Gasteiger partial charge in [0.1, 0.15) is 17.6 Å². The van der Waals surface area contributed by atoms with Gasteiger partial charge in [0.05, 0.1) is 19.1 Å². The molecule has 1 unspecified atom stereocenters. The highest BCUT2D eigenvalue weighted by Gasteiger charge is 2.27. The number of benzene rings is 2. The maximum atomic E-state index is 12.2. The lowest BCUT2D eigenvalue weighted by Gasteiger charge is -2.26. The Labute approximate surface area is 118 Å². The summed E-state index contributed by atoms with van der Waals surface area (Å²) in [6.45, 7) is 2.03. The molecule has 0 aliphatic carbocycles. The van der Waals surface area contributed by atoms with Crippen molar-refractivity contribution in [3.8, 4) is 11.5 Å². The molecule has 2 aromatic carbocycles. The van der Waals surface area contributed by atoms with Crippen LogP contribution in [0.5, 0.6) is 11.5 Å². The quantitative estimate of drug-likeness (QED) is 0.833. The van der Waals surface area contributed by atoms with Gasteiger partial charge >= 0.3 is 0 Å². The lowest BCUT2D eigenvalue weighted by atomic mass is 9.95. The molecular weight excluding hydrogens is 252 g/mol. The van der Waals surface area contributed by atoms with Crippen LogP contribution in [0.4, 0.5) is 0 Å². The van der Waals surface area contributed by atoms with Gasteiger partial charge in [0.2, 0.25) is 0 Å². The number of hydrogen-bond donors (Lipinski definition) is 0. The Morgan fingerprint density at radius 3 is 2.80 bits per heavy atom. The molecule has 0 fully saturated rings. The van der Waals surface area contributed by atoms with Crippen molar-refractivity contribution in [1.82, 2.24) is 0 Å². The van der Waals surface area contributed by atoms with Crippen LogP contribution in [0.15, 0.2) is 42.5 Å². The van der Waals surface area contributed by atoms with Gasteiger partial charge in [0, 0.05) is 6.07 Å². The summed E-state index contributed by atoms with van der Waals surface area (Å²) in [5.41, 5.74) is 2.83. The molecule has 1 heterocycles. The summed E-state index contributed by atoms with van der Waals surface area (Å²) in [5.74, 6) is 1.41. The van der Waals surface area contributed by atoms with Gasteiger partial charge in [-0.05, 0) is 24.6 Å². The first-order valence-corrected chi connectivity index (χ1v) is 6.62. The molecule has 102 valence electrons. The van der Waals surface area contributed by atoms with Crippen molar-refractivity contribution in [2.75, 3.05) is 7.11 Å². The normalized spacial score (nSPS) is 17.3. The Hall–Kier alpha value is -2.29. The first-order chi connectivity index (χ1) is 9.67. The van der Waals surface area contributed by atoms with Crippen LogP contribution in [0.1, 0.15) is 34.0 Å². The third-order valence-corrected chi connectivity index (χ3v) is 3.54. The summed E-state index contributed by atoms with van der Waals surface area (Å²) in [4.78, 5) is 12.2. The van der Waals surface area contributed by atoms with E-state index in [1.165, 1.54) is 0 Å². The molecule has 0 bridgehead atoms. The van der Waals surface area contributed by atoms with E-state index in [-0.39, 0.29) is 11.9 Å². The second kappa shape index (κ2) is 5.00. The zero-order valence-electron chi connectivity index (χ0n) is 11.6. The minimum Gasteiger partial charge on any atom is -0.497 e. The smallest absolute Gasteiger partial charge is 0.170 e. The van der Waals surface area contributed by atoms with E-state index in [1.54, 1.807) is 25.3 Å². The standard InChI is InChI=1S/C17H16O3/c1-11-4-3-5-12(8-11)16-10-15(18)14-7-6-13(19-2)9-17(14)20-16/h3-9,16H,10H2,1-2H3. The molecule has 1 atom stereocenters. The van der Waals surface area contributed by atoms with E-state index in [9.17, 15) is 4.79 Å². The molecule has 0 aromatic heterocycles. The average Bonchev–Trinajstić information content (AvgIpc) is 2.46. The predicted molar refractivity (Wildman–Crippen MR) is 76.5 cm³/mol. The fraction of sp³-hybridized carbons (Fsp3) is 0.235. The molecule has 2 aromatic rings. The van der Waals surface area contributed by atoms with Gasteiger partial charge in [-0.1, -0.05) is 29.8 Å². The monoisotopic (exact) mass is 268 g/mol. The molecule has 0 N–H and O–H groups in total. The first kappa shape index (κ1) is 12.7. The summed E-state index contributed by atoms with van der Waals surface area (Å²) in [6, 6.07) is 13.4. The summed E-state index contributed by atoms with van der Waals surface area (Å²) >= 11 is 0. The van der Waals surface area contributed by atoms with Crippen molar-refractivity contribution in [3.63, 3.8) is 0 Å². The van der Waals surface area contributed by atoms with Crippen LogP contribution in [0.3, 0.4) is 0 Å². The Morgan fingerprint density at radius 2 is 2.05 bits per heavy atom. The maximum absolute atomic E-state index is 12.2. The van der Waals surface area contributed by atoms with Gasteiger partial charge in [-0.2, -0.15) is 0 Å². The fourth-order valence-corrected chi connectivity index (χ4v) is 2.49. The molecular formula is C17H16O3. The highest BCUT2D eigenvalue weighted by atomic mass is 16.5. The van der Waals surface area contributed by atoms with Crippen LogP contribution in [-0.4, -0.2) is 12.9 Å². The number of ketones is 1. The number of ether oxygens (including phenoxy) is 2. The van der Waals surface area contributed by atoms with Crippen molar-refractivity contribution < 1.29 is 14.3 Å². The van der Waals surface area contributed by atoms with Gasteiger partial charge in [0.25, 0.3) is 0 Å². The molecule has 0 spiro atoms. The molecule has 0 amide bonds. The van der Waals surface area contributed by atoms with Crippen molar-refractivity contribution in [1.29, 1.82) is 0 Å². The summed E-state index contributed by atoms with van der Waals surface area (Å²) in [7, 11) is 1.60. The lowest BCUT2D eigenvalue weighted by Crippen LogP contribution is -2.20. The molecule has 1 aliphatic heterocycles. The van der Waals surface area contributed by atoms with E-state index in [0.29, 0.717) is 23.5 Å². The minimum absolute atomic E-state index is 0.111. The molecule has 1 aliphatic rings. The van der Waals surface area contributed by atoms with E-state index >= 15 is 0 Å². The highest BCUT2D eigenvalue weighted by molar-refractivity contribution is 6.00. The zero-order valence-corrected chi connectivity index (χ0v) is 11.6. The second-order valence-electron chi connectivity index (χ2n) is 5.01. The molecule has 0 radical (unpaired) electrons. The predicted octanol–water partition coefficient (Wildman–Crippen LogP) is 3.71. The van der Waals surface area contributed by atoms with Crippen LogP contribution < -0.4 is 9.47 Å². The molecule has 3 rings (SSSR count). The van der Waals surface area contributed by atoms with E-state index in [0.717, 1.165) is 11.1 Å². The first-order valence-electron chi connectivity index (χ1n) is 6.62. The number of fused-ring (bicyclic) bond motifs is 1. The van der Waals surface area contributed by atoms with Crippen molar-refractivity contribution >= 4 is 5.78 Å². The number of carbonyl (C=O) groups excluding carboxylic acids is 1. The van der Waals surface area contributed by atoms with Gasteiger partial charge in [0.15, 0.2) is 5.78 Å². The average molecular weight is 268 g/mol. The minimum atomic E-state index is -0.220. The van der Waals surface area contributed by atoms with Gasteiger partial charge in [-0.15, -0.1) is 0 Å². The van der Waals surface area contributed by atoms with Gasteiger partial charge < -0.3 is 9.47 Å². The molecule has 0 saturated carbocycles. The van der Waals surface area contributed by atoms with E-state index < -0.39 is 0 Å². The molecule has 20 heavy (non-hydrogen) atoms. The second-order valence-corrected chi connectivity index (χ2v) is 5.01. The molecule has 3 nitrogen and oxygen atoms in total. The third-order valence-electron chi connectivity index (χ3n) is 3.54. The molecule has 0 saturated heterocycles. The number of rotatable bonds is 2. The van der Waals surface area contributed by atoms with E-state index in [1.807, 2.05) is 25.1 Å². The lowest BCUT2D eigenvalue weighted by molar-refractivity contribution is 0.0849. The maximum Gasteiger partial charge on any atom is 0.170 e. The van der Waals surface area contributed by atoms with Crippen molar-refractivity contribution in [2.24, 2.45) is 0 Å². The van der Waals surface area contributed by atoms with Crippen LogP contribution >= 0.6 is 0 Å². The van der Waals surface area contributed by atoms with Crippen molar-refractivity contribution in [3.05, 3.63) is 59.2 Å². The Balaban J connectivity index is 1.97.